The fourth-order valence-corrected chi connectivity index (χ4v) is 1.73. The second kappa shape index (κ2) is 4.98. The lowest BCUT2D eigenvalue weighted by Gasteiger charge is -2.23. The summed E-state index contributed by atoms with van der Waals surface area (Å²) in [4.78, 5) is 11.8. The van der Waals surface area contributed by atoms with Crippen LogP contribution < -0.4 is 5.32 Å². The van der Waals surface area contributed by atoms with E-state index in [-0.39, 0.29) is 12.1 Å². The fraction of sp³-hybridized carbons (Fsp3) is 0.500. The maximum absolute atomic E-state index is 11.8. The molecule has 0 aromatic heterocycles. The average molecular weight is 249 g/mol. The van der Waals surface area contributed by atoms with Crippen LogP contribution in [0.4, 0.5) is 4.79 Å². The van der Waals surface area contributed by atoms with Crippen LogP contribution in [0.3, 0.4) is 0 Å². The van der Waals surface area contributed by atoms with E-state index in [0.29, 0.717) is 6.61 Å². The van der Waals surface area contributed by atoms with Crippen LogP contribution in [0.25, 0.3) is 0 Å². The van der Waals surface area contributed by atoms with Gasteiger partial charge in [0.15, 0.2) is 0 Å². The normalized spacial score (nSPS) is 20.1. The van der Waals surface area contributed by atoms with E-state index in [0.717, 1.165) is 5.56 Å². The monoisotopic (exact) mass is 249 g/mol. The van der Waals surface area contributed by atoms with Crippen molar-refractivity contribution in [3.8, 4) is 0 Å². The van der Waals surface area contributed by atoms with E-state index in [2.05, 4.69) is 5.32 Å². The Kier molecular flexibility index (Phi) is 3.57. The first kappa shape index (κ1) is 12.9. The highest BCUT2D eigenvalue weighted by molar-refractivity contribution is 5.68. The Morgan fingerprint density at radius 2 is 2.00 bits per heavy atom. The highest BCUT2D eigenvalue weighted by Gasteiger charge is 2.35. The molecule has 2 atom stereocenters. The third-order valence-corrected chi connectivity index (χ3v) is 2.56. The summed E-state index contributed by atoms with van der Waals surface area (Å²) >= 11 is 0. The second-order valence-electron chi connectivity index (χ2n) is 5.41. The zero-order chi connectivity index (χ0) is 13.2. The Labute approximate surface area is 107 Å². The Morgan fingerprint density at radius 3 is 2.50 bits per heavy atom. The number of carbonyl (C=O) groups is 1. The molecule has 1 heterocycles. The van der Waals surface area contributed by atoms with Crippen LogP contribution in [0.5, 0.6) is 0 Å². The summed E-state index contributed by atoms with van der Waals surface area (Å²) in [5.41, 5.74) is 0.543. The Balaban J connectivity index is 2.02. The van der Waals surface area contributed by atoms with E-state index >= 15 is 0 Å². The largest absolute Gasteiger partial charge is 0.444 e. The first-order valence-electron chi connectivity index (χ1n) is 6.12. The molecule has 1 fully saturated rings. The smallest absolute Gasteiger partial charge is 0.408 e. The highest BCUT2D eigenvalue weighted by Crippen LogP contribution is 2.27. The van der Waals surface area contributed by atoms with Gasteiger partial charge in [0, 0.05) is 0 Å². The van der Waals surface area contributed by atoms with Crippen LogP contribution in [0, 0.1) is 0 Å². The van der Waals surface area contributed by atoms with Crippen molar-refractivity contribution >= 4 is 6.09 Å². The van der Waals surface area contributed by atoms with E-state index in [9.17, 15) is 4.79 Å². The quantitative estimate of drug-likeness (QED) is 0.838. The van der Waals surface area contributed by atoms with Crippen LogP contribution >= 0.6 is 0 Å². The molecule has 98 valence electrons. The van der Waals surface area contributed by atoms with Crippen LogP contribution in [0.1, 0.15) is 32.4 Å². The predicted molar refractivity (Wildman–Crippen MR) is 68.3 cm³/mol. The van der Waals surface area contributed by atoms with Gasteiger partial charge in [-0.2, -0.15) is 0 Å². The van der Waals surface area contributed by atoms with Gasteiger partial charge in [-0.1, -0.05) is 30.3 Å². The number of epoxide rings is 1. The molecular formula is C14H19NO3. The summed E-state index contributed by atoms with van der Waals surface area (Å²) < 4.78 is 10.5. The van der Waals surface area contributed by atoms with Gasteiger partial charge in [-0.15, -0.1) is 0 Å². The molecule has 0 unspecified atom stereocenters. The Morgan fingerprint density at radius 1 is 1.39 bits per heavy atom. The standard InChI is InChI=1S/C14H19NO3/c1-14(2,3)18-13(16)15-12(11-9-17-11)10-7-5-4-6-8-10/h4-8,11-12H,9H2,1-3H3,(H,15,16)/t11-,12+/m1/s1. The first-order chi connectivity index (χ1) is 8.46. The number of hydrogen-bond donors (Lipinski definition) is 1. The van der Waals surface area contributed by atoms with Gasteiger partial charge in [-0.3, -0.25) is 0 Å². The maximum Gasteiger partial charge on any atom is 0.408 e. The van der Waals surface area contributed by atoms with Gasteiger partial charge in [0.05, 0.1) is 12.6 Å². The molecule has 0 saturated carbocycles. The Hall–Kier alpha value is -1.55. The molecule has 0 spiro atoms. The number of rotatable bonds is 3. The zero-order valence-corrected chi connectivity index (χ0v) is 11.0. The summed E-state index contributed by atoms with van der Waals surface area (Å²) in [5.74, 6) is 0. The topological polar surface area (TPSA) is 50.9 Å². The number of nitrogens with one attached hydrogen (secondary N) is 1. The van der Waals surface area contributed by atoms with Crippen molar-refractivity contribution in [2.24, 2.45) is 0 Å². The minimum absolute atomic E-state index is 0.0555. The lowest BCUT2D eigenvalue weighted by atomic mass is 10.0. The summed E-state index contributed by atoms with van der Waals surface area (Å²) in [6, 6.07) is 9.65. The second-order valence-corrected chi connectivity index (χ2v) is 5.41. The maximum atomic E-state index is 11.8. The molecule has 0 aliphatic carbocycles. The number of hydrogen-bond acceptors (Lipinski definition) is 3. The minimum Gasteiger partial charge on any atom is -0.444 e. The van der Waals surface area contributed by atoms with Gasteiger partial charge < -0.3 is 14.8 Å². The van der Waals surface area contributed by atoms with Crippen molar-refractivity contribution in [2.45, 2.75) is 38.5 Å². The molecule has 1 aromatic rings. The predicted octanol–water partition coefficient (Wildman–Crippen LogP) is 2.65. The SMILES string of the molecule is CC(C)(C)OC(=O)N[C@@H](c1ccccc1)[C@H]1CO1. The molecule has 4 nitrogen and oxygen atoms in total. The van der Waals surface area contributed by atoms with Gasteiger partial charge in [0.1, 0.15) is 11.7 Å². The molecule has 1 saturated heterocycles. The molecule has 1 aliphatic rings. The van der Waals surface area contributed by atoms with E-state index in [1.165, 1.54) is 0 Å². The van der Waals surface area contributed by atoms with Crippen LogP contribution in [0.2, 0.25) is 0 Å². The van der Waals surface area contributed by atoms with Crippen molar-refractivity contribution in [1.82, 2.24) is 5.32 Å². The van der Waals surface area contributed by atoms with E-state index in [1.807, 2.05) is 51.1 Å². The first-order valence-corrected chi connectivity index (χ1v) is 6.12. The third-order valence-electron chi connectivity index (χ3n) is 2.56. The molecule has 4 heteroatoms. The number of benzene rings is 1. The average Bonchev–Trinajstić information content (AvgIpc) is 3.08. The molecule has 1 N–H and O–H groups in total. The molecule has 1 aromatic carbocycles. The highest BCUT2D eigenvalue weighted by atomic mass is 16.6. The molecule has 0 radical (unpaired) electrons. The van der Waals surface area contributed by atoms with Crippen molar-refractivity contribution < 1.29 is 14.3 Å². The lowest BCUT2D eigenvalue weighted by molar-refractivity contribution is 0.0494. The number of ether oxygens (including phenoxy) is 2. The van der Waals surface area contributed by atoms with Crippen LogP contribution in [-0.2, 0) is 9.47 Å². The molecule has 1 aliphatic heterocycles. The van der Waals surface area contributed by atoms with Gasteiger partial charge in [-0.05, 0) is 26.3 Å². The van der Waals surface area contributed by atoms with E-state index in [4.69, 9.17) is 9.47 Å². The van der Waals surface area contributed by atoms with Gasteiger partial charge in [0.2, 0.25) is 0 Å². The molecular weight excluding hydrogens is 230 g/mol. The molecule has 2 rings (SSSR count). The summed E-state index contributed by atoms with van der Waals surface area (Å²) in [6.07, 6.45) is -0.355. The van der Waals surface area contributed by atoms with Gasteiger partial charge in [0.25, 0.3) is 0 Å². The number of carbonyl (C=O) groups excluding carboxylic acids is 1. The van der Waals surface area contributed by atoms with Crippen LogP contribution in [-0.4, -0.2) is 24.4 Å². The molecule has 0 bridgehead atoms. The summed E-state index contributed by atoms with van der Waals surface area (Å²) in [7, 11) is 0. The van der Waals surface area contributed by atoms with Gasteiger partial charge >= 0.3 is 6.09 Å². The van der Waals surface area contributed by atoms with Crippen molar-refractivity contribution in [3.05, 3.63) is 35.9 Å². The summed E-state index contributed by atoms with van der Waals surface area (Å²) in [6.45, 7) is 6.21. The van der Waals surface area contributed by atoms with Crippen LogP contribution in [0.15, 0.2) is 30.3 Å². The minimum atomic E-state index is -0.490. The van der Waals surface area contributed by atoms with Crippen molar-refractivity contribution in [1.29, 1.82) is 0 Å². The van der Waals surface area contributed by atoms with E-state index in [1.54, 1.807) is 0 Å². The third kappa shape index (κ3) is 3.74. The summed E-state index contributed by atoms with van der Waals surface area (Å²) in [5, 5.41) is 2.87. The van der Waals surface area contributed by atoms with Crippen molar-refractivity contribution in [3.63, 3.8) is 0 Å². The Bertz CT molecular complexity index is 407. The molecule has 18 heavy (non-hydrogen) atoms. The fourth-order valence-electron chi connectivity index (χ4n) is 1.73. The number of amides is 1. The lowest BCUT2D eigenvalue weighted by Crippen LogP contribution is -2.36. The number of alkyl carbamates (subject to hydrolysis) is 1. The zero-order valence-electron chi connectivity index (χ0n) is 11.0. The van der Waals surface area contributed by atoms with Crippen molar-refractivity contribution in [2.75, 3.05) is 6.61 Å². The van der Waals surface area contributed by atoms with Gasteiger partial charge in [-0.25, -0.2) is 4.79 Å². The van der Waals surface area contributed by atoms with E-state index < -0.39 is 11.7 Å². The molecule has 1 amide bonds.